The zero-order valence-corrected chi connectivity index (χ0v) is 33.7. The Labute approximate surface area is 349 Å². The molecular weight excluding hydrogens is 751 g/mol. The fraction of sp³-hybridized carbons (Fsp3) is 0.0545. The highest BCUT2D eigenvalue weighted by molar-refractivity contribution is 7.26. The average molecular weight is 786 g/mol. The van der Waals surface area contributed by atoms with Crippen molar-refractivity contribution in [2.75, 3.05) is 0 Å². The summed E-state index contributed by atoms with van der Waals surface area (Å²) < 4.78 is 11.2. The molecule has 5 heteroatoms. The second kappa shape index (κ2) is 12.3. The van der Waals surface area contributed by atoms with Gasteiger partial charge in [-0.25, -0.2) is 9.97 Å². The van der Waals surface area contributed by atoms with E-state index in [0.29, 0.717) is 5.82 Å². The van der Waals surface area contributed by atoms with E-state index in [0.717, 1.165) is 71.2 Å². The standard InChI is InChI=1S/C55H35N3OS/c1-55(2)44-19-11-9-17-37(44)39-30-41-40-27-33(21-24-46(40)58(47(41)31-45(39)55)36-15-7-4-8-16-36)34-22-25-48-42(28-34)43-29-35(23-26-49(43)59-48)54-56-51(32-13-5-3-6-14-32)53-52(57-54)38-18-10-12-20-50(38)60-53/h3-31H,1-2H3. The number of benzene rings is 8. The monoisotopic (exact) mass is 785 g/mol. The van der Waals surface area contributed by atoms with E-state index in [1.807, 2.05) is 6.07 Å². The summed E-state index contributed by atoms with van der Waals surface area (Å²) in [6.45, 7) is 4.71. The Morgan fingerprint density at radius 3 is 1.95 bits per heavy atom. The maximum Gasteiger partial charge on any atom is 0.160 e. The number of hydrogen-bond donors (Lipinski definition) is 0. The molecule has 0 saturated carbocycles. The molecule has 0 aliphatic heterocycles. The van der Waals surface area contributed by atoms with Gasteiger partial charge < -0.3 is 8.98 Å². The predicted octanol–water partition coefficient (Wildman–Crippen LogP) is 15.1. The highest BCUT2D eigenvalue weighted by atomic mass is 32.1. The summed E-state index contributed by atoms with van der Waals surface area (Å²) in [7, 11) is 0. The van der Waals surface area contributed by atoms with Gasteiger partial charge in [0.1, 0.15) is 11.2 Å². The summed E-state index contributed by atoms with van der Waals surface area (Å²) in [4.78, 5) is 10.5. The van der Waals surface area contributed by atoms with Gasteiger partial charge in [-0.2, -0.15) is 0 Å². The van der Waals surface area contributed by atoms with Gasteiger partial charge in [-0.15, -0.1) is 11.3 Å². The van der Waals surface area contributed by atoms with Crippen molar-refractivity contribution >= 4 is 75.4 Å². The van der Waals surface area contributed by atoms with Crippen LogP contribution in [0.2, 0.25) is 0 Å². The van der Waals surface area contributed by atoms with E-state index in [-0.39, 0.29) is 5.41 Å². The lowest BCUT2D eigenvalue weighted by molar-refractivity contribution is 0.661. The van der Waals surface area contributed by atoms with Gasteiger partial charge >= 0.3 is 0 Å². The van der Waals surface area contributed by atoms with E-state index in [1.165, 1.54) is 48.8 Å². The van der Waals surface area contributed by atoms with E-state index < -0.39 is 0 Å². The van der Waals surface area contributed by atoms with Crippen molar-refractivity contribution in [3.05, 3.63) is 187 Å². The summed E-state index contributed by atoms with van der Waals surface area (Å²) in [5.74, 6) is 0.704. The summed E-state index contributed by atoms with van der Waals surface area (Å²) >= 11 is 1.75. The van der Waals surface area contributed by atoms with Gasteiger partial charge in [-0.1, -0.05) is 117 Å². The molecule has 1 aliphatic rings. The highest BCUT2D eigenvalue weighted by Crippen LogP contribution is 2.51. The zero-order chi connectivity index (χ0) is 39.7. The average Bonchev–Trinajstić information content (AvgIpc) is 4.02. The fourth-order valence-corrected chi connectivity index (χ4v) is 11.0. The number of hydrogen-bond acceptors (Lipinski definition) is 4. The maximum atomic E-state index is 6.47. The lowest BCUT2D eigenvalue weighted by atomic mass is 9.82. The first-order chi connectivity index (χ1) is 29.5. The van der Waals surface area contributed by atoms with Crippen molar-refractivity contribution in [3.8, 4) is 50.6 Å². The molecule has 0 fully saturated rings. The Kier molecular flexibility index (Phi) is 6.91. The topological polar surface area (TPSA) is 43.9 Å². The molecule has 0 spiro atoms. The van der Waals surface area contributed by atoms with Crippen LogP contribution in [0.1, 0.15) is 25.0 Å². The first-order valence-electron chi connectivity index (χ1n) is 20.5. The molecule has 4 aromatic heterocycles. The van der Waals surface area contributed by atoms with Crippen LogP contribution in [0, 0.1) is 0 Å². The van der Waals surface area contributed by atoms with Crippen molar-refractivity contribution in [3.63, 3.8) is 0 Å². The Hall–Kier alpha value is -7.34. The molecule has 282 valence electrons. The number of aromatic nitrogens is 3. The van der Waals surface area contributed by atoms with Crippen LogP contribution in [0.25, 0.3) is 115 Å². The Bertz CT molecular complexity index is 3740. The molecule has 4 heterocycles. The first-order valence-corrected chi connectivity index (χ1v) is 21.3. The Balaban J connectivity index is 0.986. The normalized spacial score (nSPS) is 13.3. The van der Waals surface area contributed by atoms with E-state index in [1.54, 1.807) is 11.3 Å². The van der Waals surface area contributed by atoms with Crippen LogP contribution in [-0.2, 0) is 5.41 Å². The molecule has 0 radical (unpaired) electrons. The van der Waals surface area contributed by atoms with Gasteiger partial charge in [0.2, 0.25) is 0 Å². The van der Waals surface area contributed by atoms with Crippen LogP contribution in [-0.4, -0.2) is 14.5 Å². The smallest absolute Gasteiger partial charge is 0.160 e. The number of furan rings is 1. The fourth-order valence-electron chi connectivity index (χ4n) is 9.86. The van der Waals surface area contributed by atoms with Gasteiger partial charge in [-0.3, -0.25) is 0 Å². The quantitative estimate of drug-likeness (QED) is 0.178. The number of para-hydroxylation sites is 1. The van der Waals surface area contributed by atoms with E-state index >= 15 is 0 Å². The van der Waals surface area contributed by atoms with Crippen molar-refractivity contribution in [2.45, 2.75) is 19.3 Å². The number of rotatable bonds is 4. The third-order valence-corrected chi connectivity index (χ3v) is 14.0. The van der Waals surface area contributed by atoms with E-state index in [9.17, 15) is 0 Å². The molecular formula is C55H35N3OS. The first kappa shape index (κ1) is 33.6. The minimum Gasteiger partial charge on any atom is -0.456 e. The second-order valence-corrected chi connectivity index (χ2v) is 17.6. The zero-order valence-electron chi connectivity index (χ0n) is 32.9. The molecule has 0 bridgehead atoms. The van der Waals surface area contributed by atoms with Crippen LogP contribution in [0.3, 0.4) is 0 Å². The van der Waals surface area contributed by atoms with Crippen LogP contribution < -0.4 is 0 Å². The lowest BCUT2D eigenvalue weighted by Crippen LogP contribution is -2.14. The van der Waals surface area contributed by atoms with Crippen molar-refractivity contribution in [1.29, 1.82) is 0 Å². The molecule has 0 N–H and O–H groups in total. The lowest BCUT2D eigenvalue weighted by Gasteiger charge is -2.21. The molecule has 0 unspecified atom stereocenters. The molecule has 0 saturated heterocycles. The molecule has 12 aromatic rings. The predicted molar refractivity (Wildman–Crippen MR) is 250 cm³/mol. The van der Waals surface area contributed by atoms with Crippen LogP contribution >= 0.6 is 11.3 Å². The second-order valence-electron chi connectivity index (χ2n) is 16.6. The minimum absolute atomic E-state index is 0.0900. The third-order valence-electron chi connectivity index (χ3n) is 12.8. The third kappa shape index (κ3) is 4.78. The Morgan fingerprint density at radius 2 is 1.13 bits per heavy atom. The summed E-state index contributed by atoms with van der Waals surface area (Å²) in [6.07, 6.45) is 0. The molecule has 13 rings (SSSR count). The van der Waals surface area contributed by atoms with E-state index in [4.69, 9.17) is 14.4 Å². The Morgan fingerprint density at radius 1 is 0.483 bits per heavy atom. The van der Waals surface area contributed by atoms with Crippen LogP contribution in [0.5, 0.6) is 0 Å². The van der Waals surface area contributed by atoms with Gasteiger partial charge in [0.25, 0.3) is 0 Å². The largest absolute Gasteiger partial charge is 0.456 e. The SMILES string of the molecule is CC1(C)c2ccccc2-c2cc3c4cc(-c5ccc6oc7ccc(-c8nc(-c9ccccc9)c9sc%10ccccc%10c9n8)cc7c6c5)ccc4n(-c4ccccc4)c3cc21. The van der Waals surface area contributed by atoms with Gasteiger partial charge in [0, 0.05) is 53.9 Å². The molecule has 0 amide bonds. The number of fused-ring (bicyclic) bond motifs is 12. The van der Waals surface area contributed by atoms with Crippen molar-refractivity contribution < 1.29 is 4.42 Å². The molecule has 8 aromatic carbocycles. The summed E-state index contributed by atoms with van der Waals surface area (Å²) in [5.41, 5.74) is 16.9. The van der Waals surface area contributed by atoms with Gasteiger partial charge in [0.15, 0.2) is 5.82 Å². The molecule has 0 atom stereocenters. The molecule has 4 nitrogen and oxygen atoms in total. The van der Waals surface area contributed by atoms with Crippen molar-refractivity contribution in [1.82, 2.24) is 14.5 Å². The van der Waals surface area contributed by atoms with Gasteiger partial charge in [-0.05, 0) is 106 Å². The van der Waals surface area contributed by atoms with Crippen LogP contribution in [0.4, 0.5) is 0 Å². The summed E-state index contributed by atoms with van der Waals surface area (Å²) in [6, 6.07) is 63.4. The highest BCUT2D eigenvalue weighted by Gasteiger charge is 2.36. The minimum atomic E-state index is -0.0900. The van der Waals surface area contributed by atoms with E-state index in [2.05, 4.69) is 188 Å². The van der Waals surface area contributed by atoms with Gasteiger partial charge in [0.05, 0.1) is 26.9 Å². The van der Waals surface area contributed by atoms with Crippen molar-refractivity contribution in [2.24, 2.45) is 0 Å². The number of nitrogens with zero attached hydrogens (tertiary/aromatic N) is 3. The summed E-state index contributed by atoms with van der Waals surface area (Å²) in [5, 5.41) is 5.76. The van der Waals surface area contributed by atoms with Crippen LogP contribution in [0.15, 0.2) is 180 Å². The maximum absolute atomic E-state index is 6.47. The molecule has 1 aliphatic carbocycles. The number of thiophene rings is 1. The molecule has 60 heavy (non-hydrogen) atoms.